The van der Waals surface area contributed by atoms with Crippen molar-refractivity contribution < 1.29 is 19.5 Å². The van der Waals surface area contributed by atoms with Crippen molar-refractivity contribution in [1.82, 2.24) is 0 Å². The lowest BCUT2D eigenvalue weighted by Gasteiger charge is -2.18. The second-order valence-electron chi connectivity index (χ2n) is 4.60. The number of rotatable bonds is 10. The number of aliphatic hydroxyl groups excluding tert-OH is 1. The molecule has 0 bridgehead atoms. The lowest BCUT2D eigenvalue weighted by molar-refractivity contribution is -0.385. The number of anilines is 1. The molecular weight excluding hydrogens is 276 g/mol. The summed E-state index contributed by atoms with van der Waals surface area (Å²) in [6.45, 7) is 2.82. The van der Waals surface area contributed by atoms with Crippen molar-refractivity contribution in [1.29, 1.82) is 0 Å². The first kappa shape index (κ1) is 17.2. The van der Waals surface area contributed by atoms with Crippen LogP contribution in [0.5, 0.6) is 5.75 Å². The van der Waals surface area contributed by atoms with Crippen LogP contribution in [0.25, 0.3) is 0 Å². The van der Waals surface area contributed by atoms with Crippen molar-refractivity contribution in [2.24, 2.45) is 0 Å². The summed E-state index contributed by atoms with van der Waals surface area (Å²) >= 11 is 0. The first-order chi connectivity index (χ1) is 10.1. The summed E-state index contributed by atoms with van der Waals surface area (Å²) in [5, 5.41) is 23.2. The van der Waals surface area contributed by atoms with Gasteiger partial charge in [-0.15, -0.1) is 0 Å². The molecule has 118 valence electrons. The van der Waals surface area contributed by atoms with Crippen LogP contribution in [-0.2, 0) is 4.74 Å². The molecule has 0 aliphatic carbocycles. The monoisotopic (exact) mass is 298 g/mol. The molecule has 0 aliphatic rings. The van der Waals surface area contributed by atoms with E-state index in [1.165, 1.54) is 6.07 Å². The van der Waals surface area contributed by atoms with E-state index < -0.39 is 4.92 Å². The van der Waals surface area contributed by atoms with Crippen LogP contribution in [-0.4, -0.2) is 43.0 Å². The van der Waals surface area contributed by atoms with E-state index in [4.69, 9.17) is 14.6 Å². The summed E-state index contributed by atoms with van der Waals surface area (Å²) in [4.78, 5) is 10.5. The molecule has 0 saturated carbocycles. The van der Waals surface area contributed by atoms with Crippen LogP contribution >= 0.6 is 0 Å². The highest BCUT2D eigenvalue weighted by Crippen LogP contribution is 2.30. The minimum Gasteiger partial charge on any atom is -0.487 e. The van der Waals surface area contributed by atoms with Gasteiger partial charge in [-0.1, -0.05) is 6.92 Å². The molecule has 0 aromatic heterocycles. The fourth-order valence-electron chi connectivity index (χ4n) is 1.87. The Balaban J connectivity index is 2.89. The SMILES string of the molecule is CCCOc1cc(NC(CCO)COC)ccc1[N+](=O)[O-]. The van der Waals surface area contributed by atoms with Crippen LogP contribution in [0.4, 0.5) is 11.4 Å². The van der Waals surface area contributed by atoms with E-state index in [0.717, 1.165) is 6.42 Å². The fourth-order valence-corrected chi connectivity index (χ4v) is 1.87. The second kappa shape index (κ2) is 9.15. The standard InChI is InChI=1S/C14H22N2O5/c1-3-8-21-14-9-11(4-5-13(14)16(18)19)15-12(6-7-17)10-20-2/h4-5,9,12,15,17H,3,6-8,10H2,1-2H3. The minimum absolute atomic E-state index is 0.0349. The zero-order valence-electron chi connectivity index (χ0n) is 12.4. The third-order valence-corrected chi connectivity index (χ3v) is 2.83. The minimum atomic E-state index is -0.463. The van der Waals surface area contributed by atoms with E-state index in [0.29, 0.717) is 25.3 Å². The van der Waals surface area contributed by atoms with Gasteiger partial charge in [-0.05, 0) is 18.9 Å². The van der Waals surface area contributed by atoms with Gasteiger partial charge < -0.3 is 19.9 Å². The number of hydrogen-bond donors (Lipinski definition) is 2. The highest BCUT2D eigenvalue weighted by atomic mass is 16.6. The molecule has 0 spiro atoms. The molecule has 7 nitrogen and oxygen atoms in total. The summed E-state index contributed by atoms with van der Waals surface area (Å²) in [6.07, 6.45) is 1.29. The third-order valence-electron chi connectivity index (χ3n) is 2.83. The van der Waals surface area contributed by atoms with Crippen LogP contribution in [0, 0.1) is 10.1 Å². The maximum Gasteiger partial charge on any atom is 0.311 e. The molecule has 2 N–H and O–H groups in total. The van der Waals surface area contributed by atoms with Crippen molar-refractivity contribution in [3.05, 3.63) is 28.3 Å². The van der Waals surface area contributed by atoms with Crippen molar-refractivity contribution in [2.45, 2.75) is 25.8 Å². The summed E-state index contributed by atoms with van der Waals surface area (Å²) in [6, 6.07) is 4.57. The van der Waals surface area contributed by atoms with Crippen LogP contribution in [0.1, 0.15) is 19.8 Å². The quantitative estimate of drug-likeness (QED) is 0.508. The Bertz CT molecular complexity index is 447. The number of methoxy groups -OCH3 is 1. The molecule has 0 heterocycles. The zero-order chi connectivity index (χ0) is 15.7. The average Bonchev–Trinajstić information content (AvgIpc) is 2.45. The Morgan fingerprint density at radius 1 is 1.48 bits per heavy atom. The molecule has 0 fully saturated rings. The lowest BCUT2D eigenvalue weighted by atomic mass is 10.2. The number of nitrogens with zero attached hydrogens (tertiary/aromatic N) is 1. The van der Waals surface area contributed by atoms with E-state index in [1.54, 1.807) is 19.2 Å². The molecule has 1 aromatic carbocycles. The van der Waals surface area contributed by atoms with Gasteiger partial charge in [0.15, 0.2) is 5.75 Å². The lowest BCUT2D eigenvalue weighted by Crippen LogP contribution is -2.26. The van der Waals surface area contributed by atoms with Gasteiger partial charge in [0.1, 0.15) is 0 Å². The molecule has 1 aromatic rings. The summed E-state index contributed by atoms with van der Waals surface area (Å²) < 4.78 is 10.5. The highest BCUT2D eigenvalue weighted by molar-refractivity contribution is 5.58. The van der Waals surface area contributed by atoms with Crippen LogP contribution in [0.15, 0.2) is 18.2 Å². The molecule has 0 aliphatic heterocycles. The number of hydrogen-bond acceptors (Lipinski definition) is 6. The van der Waals surface area contributed by atoms with E-state index in [2.05, 4.69) is 5.32 Å². The van der Waals surface area contributed by atoms with E-state index >= 15 is 0 Å². The van der Waals surface area contributed by atoms with E-state index in [1.807, 2.05) is 6.92 Å². The van der Waals surface area contributed by atoms with Gasteiger partial charge in [-0.3, -0.25) is 10.1 Å². The normalized spacial score (nSPS) is 12.0. The molecule has 1 atom stereocenters. The topological polar surface area (TPSA) is 93.9 Å². The molecule has 21 heavy (non-hydrogen) atoms. The van der Waals surface area contributed by atoms with Gasteiger partial charge in [0.2, 0.25) is 0 Å². The largest absolute Gasteiger partial charge is 0.487 e. The Morgan fingerprint density at radius 3 is 2.81 bits per heavy atom. The molecule has 0 radical (unpaired) electrons. The number of benzene rings is 1. The Hall–Kier alpha value is -1.86. The molecule has 1 unspecified atom stereocenters. The first-order valence-electron chi connectivity index (χ1n) is 6.90. The summed E-state index contributed by atoms with van der Waals surface area (Å²) in [5.41, 5.74) is 0.640. The Labute approximate surface area is 124 Å². The Kier molecular flexibility index (Phi) is 7.49. The molecule has 7 heteroatoms. The second-order valence-corrected chi connectivity index (χ2v) is 4.60. The fraction of sp³-hybridized carbons (Fsp3) is 0.571. The average molecular weight is 298 g/mol. The van der Waals surface area contributed by atoms with Crippen molar-refractivity contribution in [3.8, 4) is 5.75 Å². The number of aliphatic hydroxyl groups is 1. The molecule has 0 amide bonds. The number of nitro groups is 1. The molecular formula is C14H22N2O5. The molecule has 1 rings (SSSR count). The first-order valence-corrected chi connectivity index (χ1v) is 6.90. The predicted octanol–water partition coefficient (Wildman–Crippen LogP) is 2.19. The number of nitro benzene ring substituents is 1. The number of ether oxygens (including phenoxy) is 2. The number of nitrogens with one attached hydrogen (secondary N) is 1. The highest BCUT2D eigenvalue weighted by Gasteiger charge is 2.17. The predicted molar refractivity (Wildman–Crippen MR) is 79.9 cm³/mol. The van der Waals surface area contributed by atoms with Gasteiger partial charge in [-0.25, -0.2) is 0 Å². The van der Waals surface area contributed by atoms with Gasteiger partial charge >= 0.3 is 5.69 Å². The third kappa shape index (κ3) is 5.57. The van der Waals surface area contributed by atoms with Crippen molar-refractivity contribution in [3.63, 3.8) is 0 Å². The van der Waals surface area contributed by atoms with Gasteiger partial charge in [0.25, 0.3) is 0 Å². The summed E-state index contributed by atoms with van der Waals surface area (Å²) in [5.74, 6) is 0.243. The van der Waals surface area contributed by atoms with Gasteiger partial charge in [0, 0.05) is 31.5 Å². The van der Waals surface area contributed by atoms with E-state index in [9.17, 15) is 10.1 Å². The van der Waals surface area contributed by atoms with Gasteiger partial charge in [0.05, 0.1) is 24.2 Å². The van der Waals surface area contributed by atoms with E-state index in [-0.39, 0.29) is 24.1 Å². The van der Waals surface area contributed by atoms with Crippen molar-refractivity contribution in [2.75, 3.05) is 32.2 Å². The van der Waals surface area contributed by atoms with Crippen LogP contribution in [0.2, 0.25) is 0 Å². The van der Waals surface area contributed by atoms with Crippen molar-refractivity contribution >= 4 is 11.4 Å². The smallest absolute Gasteiger partial charge is 0.311 e. The molecule has 0 saturated heterocycles. The zero-order valence-corrected chi connectivity index (χ0v) is 12.4. The van der Waals surface area contributed by atoms with Gasteiger partial charge in [-0.2, -0.15) is 0 Å². The maximum atomic E-state index is 11.0. The Morgan fingerprint density at radius 2 is 2.24 bits per heavy atom. The van der Waals surface area contributed by atoms with Crippen LogP contribution < -0.4 is 10.1 Å². The summed E-state index contributed by atoms with van der Waals surface area (Å²) in [7, 11) is 1.58. The maximum absolute atomic E-state index is 11.0. The van der Waals surface area contributed by atoms with Crippen LogP contribution in [0.3, 0.4) is 0 Å².